The van der Waals surface area contributed by atoms with Crippen LogP contribution in [0.1, 0.15) is 105 Å². The minimum atomic E-state index is -0.967. The number of rotatable bonds is 5. The molecule has 29 heavy (non-hydrogen) atoms. The average Bonchev–Trinajstić information content (AvgIpc) is 2.99. The van der Waals surface area contributed by atoms with Crippen molar-refractivity contribution in [1.82, 2.24) is 0 Å². The summed E-state index contributed by atoms with van der Waals surface area (Å²) in [5, 5.41) is 10.5. The van der Waals surface area contributed by atoms with E-state index in [9.17, 15) is 5.11 Å². The maximum atomic E-state index is 10.5. The lowest BCUT2D eigenvalue weighted by Gasteiger charge is -2.59. The summed E-state index contributed by atoms with van der Waals surface area (Å²) < 4.78 is 0. The van der Waals surface area contributed by atoms with Gasteiger partial charge in [0.05, 0.1) is 0 Å². The Morgan fingerprint density at radius 3 is 2.52 bits per heavy atom. The molecule has 0 aromatic carbocycles. The van der Waals surface area contributed by atoms with Gasteiger partial charge < -0.3 is 10.8 Å². The van der Waals surface area contributed by atoms with Gasteiger partial charge in [-0.15, -0.1) is 0 Å². The van der Waals surface area contributed by atoms with Gasteiger partial charge in [0.1, 0.15) is 5.72 Å². The summed E-state index contributed by atoms with van der Waals surface area (Å²) in [5.74, 6) is 5.24. The molecule has 3 N–H and O–H groups in total. The number of hydrogen-bond donors (Lipinski definition) is 2. The summed E-state index contributed by atoms with van der Waals surface area (Å²) in [7, 11) is 0. The van der Waals surface area contributed by atoms with Gasteiger partial charge in [-0.25, -0.2) is 0 Å². The normalized spacial score (nSPS) is 47.9. The third-order valence-electron chi connectivity index (χ3n) is 10.4. The molecule has 2 nitrogen and oxygen atoms in total. The Kier molecular flexibility index (Phi) is 5.78. The van der Waals surface area contributed by atoms with E-state index in [0.717, 1.165) is 48.3 Å². The smallest absolute Gasteiger partial charge is 0.117 e. The first-order chi connectivity index (χ1) is 13.6. The van der Waals surface area contributed by atoms with Crippen molar-refractivity contribution in [3.63, 3.8) is 0 Å². The van der Waals surface area contributed by atoms with Gasteiger partial charge in [0.15, 0.2) is 0 Å². The predicted molar refractivity (Wildman–Crippen MR) is 122 cm³/mol. The van der Waals surface area contributed by atoms with Crippen LogP contribution in [0.3, 0.4) is 0 Å². The maximum Gasteiger partial charge on any atom is 0.117 e. The van der Waals surface area contributed by atoms with Crippen LogP contribution in [0.5, 0.6) is 0 Å². The summed E-state index contributed by atoms with van der Waals surface area (Å²) in [5.41, 5.74) is 7.51. The molecule has 0 aliphatic heterocycles. The third-order valence-corrected chi connectivity index (χ3v) is 10.4. The first kappa shape index (κ1) is 21.9. The highest BCUT2D eigenvalue weighted by Crippen LogP contribution is 2.67. The van der Waals surface area contributed by atoms with Crippen molar-refractivity contribution in [2.45, 2.75) is 111 Å². The molecule has 0 radical (unpaired) electrons. The van der Waals surface area contributed by atoms with Gasteiger partial charge in [-0.05, 0) is 91.3 Å². The van der Waals surface area contributed by atoms with Gasteiger partial charge in [0.2, 0.25) is 0 Å². The van der Waals surface area contributed by atoms with Crippen molar-refractivity contribution in [1.29, 1.82) is 0 Å². The highest BCUT2D eigenvalue weighted by molar-refractivity contribution is 5.26. The summed E-state index contributed by atoms with van der Waals surface area (Å²) in [4.78, 5) is 0. The van der Waals surface area contributed by atoms with Crippen LogP contribution in [-0.4, -0.2) is 10.8 Å². The topological polar surface area (TPSA) is 46.2 Å². The molecule has 0 unspecified atom stereocenters. The molecule has 4 aliphatic rings. The molecule has 0 bridgehead atoms. The molecule has 2 heteroatoms. The Hall–Kier alpha value is -0.340. The van der Waals surface area contributed by atoms with Crippen LogP contribution in [0.15, 0.2) is 11.6 Å². The largest absolute Gasteiger partial charge is 0.376 e. The molecule has 0 saturated heterocycles. The van der Waals surface area contributed by atoms with Crippen molar-refractivity contribution in [2.24, 2.45) is 52.1 Å². The first-order valence-electron chi connectivity index (χ1n) is 12.8. The van der Waals surface area contributed by atoms with Crippen LogP contribution in [0, 0.1) is 46.3 Å². The number of nitrogens with two attached hydrogens (primary N) is 1. The molecule has 0 aromatic heterocycles. The third kappa shape index (κ3) is 3.75. The molecule has 0 aromatic rings. The Morgan fingerprint density at radius 1 is 1.03 bits per heavy atom. The Balaban J connectivity index is 1.50. The summed E-state index contributed by atoms with van der Waals surface area (Å²) >= 11 is 0. The second kappa shape index (κ2) is 7.66. The Morgan fingerprint density at radius 2 is 1.79 bits per heavy atom. The fourth-order valence-electron chi connectivity index (χ4n) is 8.70. The van der Waals surface area contributed by atoms with E-state index in [1.807, 2.05) is 0 Å². The van der Waals surface area contributed by atoms with Gasteiger partial charge in [-0.1, -0.05) is 65.5 Å². The van der Waals surface area contributed by atoms with E-state index < -0.39 is 5.72 Å². The van der Waals surface area contributed by atoms with Gasteiger partial charge in [0, 0.05) is 6.42 Å². The zero-order chi connectivity index (χ0) is 21.0. The van der Waals surface area contributed by atoms with Crippen LogP contribution in [0.25, 0.3) is 0 Å². The van der Waals surface area contributed by atoms with Crippen molar-refractivity contribution < 1.29 is 5.11 Å². The summed E-state index contributed by atoms with van der Waals surface area (Å²) in [6, 6.07) is 0. The number of fused-ring (bicyclic) bond motifs is 5. The monoisotopic (exact) mass is 401 g/mol. The molecule has 0 amide bonds. The zero-order valence-electron chi connectivity index (χ0n) is 19.8. The highest BCUT2D eigenvalue weighted by atomic mass is 16.3. The van der Waals surface area contributed by atoms with Crippen LogP contribution < -0.4 is 5.73 Å². The van der Waals surface area contributed by atoms with E-state index in [0.29, 0.717) is 11.8 Å². The van der Waals surface area contributed by atoms with E-state index in [1.165, 1.54) is 56.9 Å². The molecule has 4 rings (SSSR count). The number of aliphatic hydroxyl groups is 1. The van der Waals surface area contributed by atoms with Gasteiger partial charge in [0.25, 0.3) is 0 Å². The highest BCUT2D eigenvalue weighted by Gasteiger charge is 2.59. The Labute approximate surface area is 180 Å². The van der Waals surface area contributed by atoms with Crippen LogP contribution in [0.4, 0.5) is 0 Å². The molecule has 0 spiro atoms. The molecule has 8 atom stereocenters. The SMILES string of the molecule is CC(C)CCC[C@@H](C)[C@H]1CC[C@H]2[C@@H]3CC=C4C[C@@](N)(O)CC[C@]4(C)[C@H]3CC[C@]12C. The Bertz CT molecular complexity index is 636. The van der Waals surface area contributed by atoms with Crippen LogP contribution >= 0.6 is 0 Å². The lowest BCUT2D eigenvalue weighted by atomic mass is 9.46. The van der Waals surface area contributed by atoms with Crippen molar-refractivity contribution in [3.8, 4) is 0 Å². The van der Waals surface area contributed by atoms with E-state index >= 15 is 0 Å². The van der Waals surface area contributed by atoms with E-state index in [4.69, 9.17) is 5.73 Å². The van der Waals surface area contributed by atoms with Crippen molar-refractivity contribution in [2.75, 3.05) is 0 Å². The standard InChI is InChI=1S/C27H47NO/c1-18(2)7-6-8-19(3)22-11-12-23-21-10-9-20-17-27(28,29)16-15-25(20,4)24(21)13-14-26(22,23)5/h9,18-19,21-24,29H,6-8,10-17,28H2,1-5H3/t19-,21+,22-,23+,24+,25+,26-,27+/m1/s1. The summed E-state index contributed by atoms with van der Waals surface area (Å²) in [6.45, 7) is 12.5. The molecular weight excluding hydrogens is 354 g/mol. The zero-order valence-corrected chi connectivity index (χ0v) is 19.8. The second-order valence-corrected chi connectivity index (χ2v) is 12.6. The lowest BCUT2D eigenvalue weighted by molar-refractivity contribution is -0.0733. The molecule has 4 aliphatic carbocycles. The second-order valence-electron chi connectivity index (χ2n) is 12.6. The van der Waals surface area contributed by atoms with E-state index in [1.54, 1.807) is 0 Å². The molecular formula is C27H47NO. The molecule has 3 fully saturated rings. The predicted octanol–water partition coefficient (Wildman–Crippen LogP) is 6.68. The van der Waals surface area contributed by atoms with Gasteiger partial charge in [-0.2, -0.15) is 0 Å². The number of hydrogen-bond acceptors (Lipinski definition) is 2. The van der Waals surface area contributed by atoms with Crippen molar-refractivity contribution in [3.05, 3.63) is 11.6 Å². The molecule has 3 saturated carbocycles. The quantitative estimate of drug-likeness (QED) is 0.399. The first-order valence-corrected chi connectivity index (χ1v) is 12.8. The minimum absolute atomic E-state index is 0.289. The average molecular weight is 402 g/mol. The fraction of sp³-hybridized carbons (Fsp3) is 0.926. The number of allylic oxidation sites excluding steroid dienone is 1. The van der Waals surface area contributed by atoms with E-state index in [-0.39, 0.29) is 5.41 Å². The van der Waals surface area contributed by atoms with Gasteiger partial charge in [-0.3, -0.25) is 0 Å². The van der Waals surface area contributed by atoms with Crippen LogP contribution in [-0.2, 0) is 0 Å². The van der Waals surface area contributed by atoms with E-state index in [2.05, 4.69) is 40.7 Å². The van der Waals surface area contributed by atoms with Crippen molar-refractivity contribution >= 4 is 0 Å². The summed E-state index contributed by atoms with van der Waals surface area (Å²) in [6.07, 6.45) is 16.3. The molecule has 0 heterocycles. The lowest BCUT2D eigenvalue weighted by Crippen LogP contribution is -2.54. The fourth-order valence-corrected chi connectivity index (χ4v) is 8.70. The van der Waals surface area contributed by atoms with Crippen LogP contribution in [0.2, 0.25) is 0 Å². The van der Waals surface area contributed by atoms with Gasteiger partial charge >= 0.3 is 0 Å². The molecule has 166 valence electrons. The minimum Gasteiger partial charge on any atom is -0.376 e. The maximum absolute atomic E-state index is 10.5.